The third-order valence-corrected chi connectivity index (χ3v) is 8.38. The average molecular weight is 463 g/mol. The second kappa shape index (κ2) is 9.33. The third kappa shape index (κ3) is 4.35. The molecular weight excluding hydrogens is 424 g/mol. The van der Waals surface area contributed by atoms with E-state index in [9.17, 15) is 30.6 Å². The number of hydrogen-bond acceptors (Lipinski definition) is 10. The second-order valence-corrected chi connectivity index (χ2v) is 10.6. The molecule has 10 nitrogen and oxygen atoms in total. The molecule has 0 aromatic carbocycles. The number of ether oxygens (including phenoxy) is 4. The highest BCUT2D eigenvalue weighted by Gasteiger charge is 2.54. The predicted molar refractivity (Wildman–Crippen MR) is 109 cm³/mol. The summed E-state index contributed by atoms with van der Waals surface area (Å²) in [5.41, 5.74) is 0.292. The molecule has 5 rings (SSSR count). The number of fused-ring (bicyclic) bond motifs is 2. The maximum atomic E-state index is 10.4. The van der Waals surface area contributed by atoms with Crippen LogP contribution in [0.25, 0.3) is 0 Å². The second-order valence-electron chi connectivity index (χ2n) is 10.6. The lowest BCUT2D eigenvalue weighted by atomic mass is 9.46. The Bertz CT molecular complexity index is 644. The van der Waals surface area contributed by atoms with Gasteiger partial charge in [-0.1, -0.05) is 13.8 Å². The van der Waals surface area contributed by atoms with Crippen LogP contribution in [0.15, 0.2) is 0 Å². The summed E-state index contributed by atoms with van der Waals surface area (Å²) in [7, 11) is 0. The molecule has 2 heterocycles. The monoisotopic (exact) mass is 462 g/mol. The molecular formula is C22H38O10. The van der Waals surface area contributed by atoms with E-state index < -0.39 is 61.4 Å². The molecule has 2 aliphatic heterocycles. The first-order chi connectivity index (χ1) is 15.0. The van der Waals surface area contributed by atoms with E-state index in [0.717, 1.165) is 18.8 Å². The van der Waals surface area contributed by atoms with E-state index in [1.807, 2.05) is 0 Å². The Morgan fingerprint density at radius 2 is 1.34 bits per heavy atom. The molecule has 0 aromatic rings. The summed E-state index contributed by atoms with van der Waals surface area (Å²) in [6.07, 6.45) is -9.36. The zero-order valence-electron chi connectivity index (χ0n) is 18.9. The van der Waals surface area contributed by atoms with Crippen LogP contribution in [0.5, 0.6) is 0 Å². The first-order valence-corrected chi connectivity index (χ1v) is 11.6. The Hall–Kier alpha value is -0.400. The van der Waals surface area contributed by atoms with Crippen molar-refractivity contribution in [3.63, 3.8) is 0 Å². The molecule has 5 aliphatic rings. The van der Waals surface area contributed by atoms with Crippen molar-refractivity contribution in [1.82, 2.24) is 0 Å². The van der Waals surface area contributed by atoms with Crippen molar-refractivity contribution in [2.75, 3.05) is 13.2 Å². The molecule has 0 unspecified atom stereocenters. The lowest BCUT2D eigenvalue weighted by molar-refractivity contribution is -0.330. The van der Waals surface area contributed by atoms with Gasteiger partial charge in [0.15, 0.2) is 12.6 Å². The van der Waals surface area contributed by atoms with Crippen LogP contribution in [-0.4, -0.2) is 105 Å². The van der Waals surface area contributed by atoms with Crippen molar-refractivity contribution < 1.29 is 49.6 Å². The molecule has 5 fully saturated rings. The van der Waals surface area contributed by atoms with Crippen LogP contribution in [0.2, 0.25) is 0 Å². The Kier molecular flexibility index (Phi) is 7.21. The molecule has 186 valence electrons. The van der Waals surface area contributed by atoms with Crippen molar-refractivity contribution in [3.05, 3.63) is 0 Å². The van der Waals surface area contributed by atoms with Gasteiger partial charge in [-0.2, -0.15) is 0 Å². The van der Waals surface area contributed by atoms with Gasteiger partial charge in [-0.05, 0) is 49.4 Å². The van der Waals surface area contributed by atoms with E-state index in [1.165, 1.54) is 13.3 Å². The number of hydrogen-bond donors (Lipinski definition) is 6. The zero-order valence-corrected chi connectivity index (χ0v) is 18.9. The van der Waals surface area contributed by atoms with Crippen molar-refractivity contribution in [2.45, 2.75) is 101 Å². The molecule has 6 N–H and O–H groups in total. The van der Waals surface area contributed by atoms with E-state index in [0.29, 0.717) is 23.9 Å². The quantitative estimate of drug-likeness (QED) is 0.281. The minimum Gasteiger partial charge on any atom is -0.388 e. The zero-order chi connectivity index (χ0) is 23.4. The Morgan fingerprint density at radius 1 is 0.750 bits per heavy atom. The molecule has 13 atom stereocenters. The SMILES string of the molecule is C[C@@H]1O[C@@H](OC[C@H]2O[C@@H](OC[C@H]3CC[C@H]4C[C@@H]3C4(C)C)[C@H](O)[C@@H](O)[C@@H]2O)[C@H](O)[C@H](O)[C@H]1O. The molecule has 2 bridgehead atoms. The molecule has 3 aliphatic carbocycles. The molecule has 10 heteroatoms. The highest BCUT2D eigenvalue weighted by atomic mass is 16.7. The number of rotatable bonds is 6. The lowest BCUT2D eigenvalue weighted by Gasteiger charge is -2.60. The molecule has 0 spiro atoms. The minimum atomic E-state index is -1.50. The first kappa shape index (κ1) is 24.7. The van der Waals surface area contributed by atoms with Crippen molar-refractivity contribution >= 4 is 0 Å². The summed E-state index contributed by atoms with van der Waals surface area (Å²) in [5, 5.41) is 60.8. The fourth-order valence-electron chi connectivity index (χ4n) is 5.91. The van der Waals surface area contributed by atoms with Crippen LogP contribution < -0.4 is 0 Å². The molecule has 0 aromatic heterocycles. The van der Waals surface area contributed by atoms with Gasteiger partial charge in [0, 0.05) is 0 Å². The average Bonchev–Trinajstić information content (AvgIpc) is 2.77. The smallest absolute Gasteiger partial charge is 0.186 e. The van der Waals surface area contributed by atoms with E-state index >= 15 is 0 Å². The summed E-state index contributed by atoms with van der Waals surface area (Å²) in [6, 6.07) is 0. The molecule has 32 heavy (non-hydrogen) atoms. The van der Waals surface area contributed by atoms with Crippen LogP contribution in [0.1, 0.15) is 40.0 Å². The Balaban J connectivity index is 1.32. The van der Waals surface area contributed by atoms with Crippen LogP contribution in [0.4, 0.5) is 0 Å². The van der Waals surface area contributed by atoms with E-state index in [2.05, 4.69) is 13.8 Å². The first-order valence-electron chi connectivity index (χ1n) is 11.6. The summed E-state index contributed by atoms with van der Waals surface area (Å²) in [6.45, 7) is 6.21. The summed E-state index contributed by atoms with van der Waals surface area (Å²) in [4.78, 5) is 0. The van der Waals surface area contributed by atoms with Crippen molar-refractivity contribution in [3.8, 4) is 0 Å². The van der Waals surface area contributed by atoms with E-state index in [1.54, 1.807) is 0 Å². The lowest BCUT2D eigenvalue weighted by Crippen LogP contribution is -2.61. The highest BCUT2D eigenvalue weighted by Crippen LogP contribution is 2.61. The number of aliphatic hydroxyl groups excluding tert-OH is 6. The van der Waals surface area contributed by atoms with Gasteiger partial charge in [0.1, 0.15) is 42.7 Å². The normalized spacial score (nSPS) is 53.0. The van der Waals surface area contributed by atoms with Crippen molar-refractivity contribution in [2.24, 2.45) is 23.2 Å². The van der Waals surface area contributed by atoms with Gasteiger partial charge in [-0.15, -0.1) is 0 Å². The third-order valence-electron chi connectivity index (χ3n) is 8.38. The van der Waals surface area contributed by atoms with Gasteiger partial charge in [-0.3, -0.25) is 0 Å². The predicted octanol–water partition coefficient (Wildman–Crippen LogP) is -1.27. The summed E-state index contributed by atoms with van der Waals surface area (Å²) in [5.74, 6) is 1.67. The van der Waals surface area contributed by atoms with Gasteiger partial charge >= 0.3 is 0 Å². The Labute approximate surface area is 188 Å². The van der Waals surface area contributed by atoms with Crippen molar-refractivity contribution in [1.29, 1.82) is 0 Å². The van der Waals surface area contributed by atoms with Crippen LogP contribution in [0.3, 0.4) is 0 Å². The summed E-state index contributed by atoms with van der Waals surface area (Å²) < 4.78 is 22.5. The minimum absolute atomic E-state index is 0.289. The van der Waals surface area contributed by atoms with Gasteiger partial charge in [0.25, 0.3) is 0 Å². The fourth-order valence-corrected chi connectivity index (χ4v) is 5.91. The van der Waals surface area contributed by atoms with Gasteiger partial charge in [-0.25, -0.2) is 0 Å². The van der Waals surface area contributed by atoms with Gasteiger partial charge in [0.05, 0.1) is 19.3 Å². The highest BCUT2D eigenvalue weighted by molar-refractivity contribution is 5.03. The molecule has 0 amide bonds. The molecule has 0 radical (unpaired) electrons. The summed E-state index contributed by atoms with van der Waals surface area (Å²) >= 11 is 0. The molecule has 2 saturated heterocycles. The maximum Gasteiger partial charge on any atom is 0.186 e. The topological polar surface area (TPSA) is 158 Å². The van der Waals surface area contributed by atoms with Gasteiger partial charge in [0.2, 0.25) is 0 Å². The maximum absolute atomic E-state index is 10.4. The van der Waals surface area contributed by atoms with Gasteiger partial charge < -0.3 is 49.6 Å². The molecule has 3 saturated carbocycles. The van der Waals surface area contributed by atoms with Crippen LogP contribution >= 0.6 is 0 Å². The largest absolute Gasteiger partial charge is 0.388 e. The van der Waals surface area contributed by atoms with E-state index in [4.69, 9.17) is 18.9 Å². The Morgan fingerprint density at radius 3 is 1.97 bits per heavy atom. The fraction of sp³-hybridized carbons (Fsp3) is 1.00. The standard InChI is InChI=1S/C22H38O10/c1-9-14(23)16(25)18(27)20(31-9)30-8-13-15(24)17(26)19(28)21(32-13)29-7-10-4-5-11-6-12(10)22(11,2)3/h9-21,23-28H,4-8H2,1-3H3/t9-,10+,11-,12-,13+,14-,15+,16+,17-,18+,19+,20+,21+/m0/s1. The van der Waals surface area contributed by atoms with Crippen LogP contribution in [-0.2, 0) is 18.9 Å². The van der Waals surface area contributed by atoms with E-state index in [-0.39, 0.29) is 6.61 Å². The van der Waals surface area contributed by atoms with Crippen LogP contribution in [0, 0.1) is 23.2 Å². The number of aliphatic hydroxyl groups is 6.